The van der Waals surface area contributed by atoms with Gasteiger partial charge in [0.25, 0.3) is 0 Å². The highest BCUT2D eigenvalue weighted by Crippen LogP contribution is 2.31. The van der Waals surface area contributed by atoms with Crippen LogP contribution in [-0.4, -0.2) is 5.16 Å². The summed E-state index contributed by atoms with van der Waals surface area (Å²) >= 11 is 0. The summed E-state index contributed by atoms with van der Waals surface area (Å²) in [4.78, 5) is 0. The number of unbranched alkanes of at least 4 members (excludes halogenated alkanes) is 5. The quantitative estimate of drug-likeness (QED) is 0.684. The van der Waals surface area contributed by atoms with Crippen molar-refractivity contribution in [3.63, 3.8) is 0 Å². The third-order valence-corrected chi connectivity index (χ3v) is 3.86. The van der Waals surface area contributed by atoms with Gasteiger partial charge < -0.3 is 10.3 Å². The molecule has 0 bridgehead atoms. The van der Waals surface area contributed by atoms with E-state index in [-0.39, 0.29) is 0 Å². The number of nitrogens with two attached hydrogens (primary N) is 1. The number of nitrogens with zero attached hydrogens (tertiary/aromatic N) is 1. The van der Waals surface area contributed by atoms with Crippen LogP contribution in [0, 0.1) is 6.92 Å². The maximum absolute atomic E-state index is 5.96. The van der Waals surface area contributed by atoms with Crippen LogP contribution in [0.1, 0.15) is 56.7 Å². The summed E-state index contributed by atoms with van der Waals surface area (Å²) < 4.78 is 5.21. The summed E-state index contributed by atoms with van der Waals surface area (Å²) in [5.74, 6) is 0.432. The monoisotopic (exact) mass is 286 g/mol. The van der Waals surface area contributed by atoms with Gasteiger partial charge in [0, 0.05) is 0 Å². The number of aryl methyl sites for hydroxylation is 2. The topological polar surface area (TPSA) is 52.0 Å². The van der Waals surface area contributed by atoms with Crippen molar-refractivity contribution in [3.05, 3.63) is 35.5 Å². The highest BCUT2D eigenvalue weighted by atomic mass is 16.5. The van der Waals surface area contributed by atoms with E-state index in [1.165, 1.54) is 37.7 Å². The zero-order valence-electron chi connectivity index (χ0n) is 13.2. The second kappa shape index (κ2) is 7.87. The minimum atomic E-state index is 0.432. The molecule has 3 heteroatoms. The minimum Gasteiger partial charge on any atom is -0.367 e. The van der Waals surface area contributed by atoms with Crippen LogP contribution in [0.3, 0.4) is 0 Å². The van der Waals surface area contributed by atoms with Gasteiger partial charge in [-0.25, -0.2) is 0 Å². The molecule has 0 aliphatic heterocycles. The Labute approximate surface area is 127 Å². The van der Waals surface area contributed by atoms with Gasteiger partial charge in [0.1, 0.15) is 0 Å². The average Bonchev–Trinajstić information content (AvgIpc) is 2.84. The lowest BCUT2D eigenvalue weighted by molar-refractivity contribution is 0.425. The Bertz CT molecular complexity index is 560. The first-order chi connectivity index (χ1) is 10.2. The van der Waals surface area contributed by atoms with Gasteiger partial charge >= 0.3 is 0 Å². The van der Waals surface area contributed by atoms with E-state index in [0.29, 0.717) is 5.88 Å². The van der Waals surface area contributed by atoms with E-state index in [1.807, 2.05) is 6.07 Å². The Kier molecular flexibility index (Phi) is 5.85. The van der Waals surface area contributed by atoms with Gasteiger partial charge in [-0.3, -0.25) is 0 Å². The molecule has 1 aromatic heterocycles. The fraction of sp³-hybridized carbons (Fsp3) is 0.500. The van der Waals surface area contributed by atoms with Crippen molar-refractivity contribution in [3.8, 4) is 11.1 Å². The lowest BCUT2D eigenvalue weighted by atomic mass is 10.00. The van der Waals surface area contributed by atoms with E-state index in [2.05, 4.69) is 37.2 Å². The Morgan fingerprint density at radius 3 is 2.62 bits per heavy atom. The molecule has 0 aliphatic carbocycles. The molecule has 0 spiro atoms. The molecular weight excluding hydrogens is 260 g/mol. The molecule has 2 rings (SSSR count). The fourth-order valence-electron chi connectivity index (χ4n) is 2.69. The number of benzene rings is 1. The lowest BCUT2D eigenvalue weighted by Gasteiger charge is -2.04. The number of anilines is 1. The molecule has 21 heavy (non-hydrogen) atoms. The second-order valence-corrected chi connectivity index (χ2v) is 5.76. The first-order valence-corrected chi connectivity index (χ1v) is 8.03. The van der Waals surface area contributed by atoms with Gasteiger partial charge in [0.05, 0.1) is 11.3 Å². The molecule has 0 radical (unpaired) electrons. The summed E-state index contributed by atoms with van der Waals surface area (Å²) in [7, 11) is 0. The van der Waals surface area contributed by atoms with Gasteiger partial charge in [-0.1, -0.05) is 74.0 Å². The maximum atomic E-state index is 5.96. The van der Waals surface area contributed by atoms with E-state index in [1.54, 1.807) is 0 Å². The zero-order valence-corrected chi connectivity index (χ0v) is 13.2. The Morgan fingerprint density at radius 1 is 1.10 bits per heavy atom. The molecule has 0 fully saturated rings. The molecule has 0 aliphatic rings. The van der Waals surface area contributed by atoms with Gasteiger partial charge in [-0.15, -0.1) is 0 Å². The predicted molar refractivity (Wildman–Crippen MR) is 88.2 cm³/mol. The Hall–Kier alpha value is -1.77. The summed E-state index contributed by atoms with van der Waals surface area (Å²) in [6.45, 7) is 4.33. The molecule has 3 nitrogen and oxygen atoms in total. The Morgan fingerprint density at radius 2 is 1.86 bits per heavy atom. The molecule has 0 saturated carbocycles. The van der Waals surface area contributed by atoms with Crippen molar-refractivity contribution < 1.29 is 4.52 Å². The molecule has 0 amide bonds. The van der Waals surface area contributed by atoms with Crippen molar-refractivity contribution >= 4 is 5.88 Å². The van der Waals surface area contributed by atoms with Crippen LogP contribution in [0.2, 0.25) is 0 Å². The standard InChI is InChI=1S/C18H26N2O/c1-3-4-5-6-7-8-12-16-17(18(19)21-20-16)15-11-9-10-14(2)13-15/h9-11,13H,3-8,12,19H2,1-2H3. The molecule has 114 valence electrons. The normalized spacial score (nSPS) is 11.0. The van der Waals surface area contributed by atoms with Gasteiger partial charge in [0.2, 0.25) is 5.88 Å². The van der Waals surface area contributed by atoms with E-state index >= 15 is 0 Å². The molecule has 2 aromatic rings. The SMILES string of the molecule is CCCCCCCCc1noc(N)c1-c1cccc(C)c1. The van der Waals surface area contributed by atoms with Crippen LogP contribution in [0.25, 0.3) is 11.1 Å². The molecule has 0 atom stereocenters. The maximum Gasteiger partial charge on any atom is 0.230 e. The predicted octanol–water partition coefficient (Wildman–Crippen LogP) is 5.14. The molecule has 1 aromatic carbocycles. The van der Waals surface area contributed by atoms with E-state index in [0.717, 1.165) is 29.7 Å². The summed E-state index contributed by atoms with van der Waals surface area (Å²) in [5.41, 5.74) is 10.3. The van der Waals surface area contributed by atoms with Crippen molar-refractivity contribution in [2.45, 2.75) is 58.8 Å². The van der Waals surface area contributed by atoms with Crippen molar-refractivity contribution in [2.75, 3.05) is 5.73 Å². The van der Waals surface area contributed by atoms with Crippen LogP contribution in [0.5, 0.6) is 0 Å². The average molecular weight is 286 g/mol. The van der Waals surface area contributed by atoms with Crippen LogP contribution >= 0.6 is 0 Å². The fourth-order valence-corrected chi connectivity index (χ4v) is 2.69. The minimum absolute atomic E-state index is 0.432. The molecule has 0 unspecified atom stereocenters. The van der Waals surface area contributed by atoms with Gasteiger partial charge in [-0.05, 0) is 25.3 Å². The first kappa shape index (κ1) is 15.6. The Balaban J connectivity index is 1.98. The largest absolute Gasteiger partial charge is 0.367 e. The highest BCUT2D eigenvalue weighted by molar-refractivity contribution is 5.75. The van der Waals surface area contributed by atoms with E-state index in [9.17, 15) is 0 Å². The molecule has 0 saturated heterocycles. The lowest BCUT2D eigenvalue weighted by Crippen LogP contribution is -1.92. The van der Waals surface area contributed by atoms with Crippen molar-refractivity contribution in [1.29, 1.82) is 0 Å². The number of hydrogen-bond donors (Lipinski definition) is 1. The highest BCUT2D eigenvalue weighted by Gasteiger charge is 2.15. The zero-order chi connectivity index (χ0) is 15.1. The summed E-state index contributed by atoms with van der Waals surface area (Å²) in [5, 5.41) is 4.16. The molecular formula is C18H26N2O. The van der Waals surface area contributed by atoms with Gasteiger partial charge in [-0.2, -0.15) is 0 Å². The second-order valence-electron chi connectivity index (χ2n) is 5.76. The number of nitrogen functional groups attached to an aromatic ring is 1. The third-order valence-electron chi connectivity index (χ3n) is 3.86. The number of hydrogen-bond acceptors (Lipinski definition) is 3. The van der Waals surface area contributed by atoms with Crippen LogP contribution < -0.4 is 5.73 Å². The van der Waals surface area contributed by atoms with Gasteiger partial charge in [0.15, 0.2) is 0 Å². The van der Waals surface area contributed by atoms with E-state index in [4.69, 9.17) is 10.3 Å². The number of aromatic nitrogens is 1. The van der Waals surface area contributed by atoms with Crippen LogP contribution in [0.15, 0.2) is 28.8 Å². The van der Waals surface area contributed by atoms with Crippen molar-refractivity contribution in [1.82, 2.24) is 5.16 Å². The third kappa shape index (κ3) is 4.35. The van der Waals surface area contributed by atoms with E-state index < -0.39 is 0 Å². The summed E-state index contributed by atoms with van der Waals surface area (Å²) in [6, 6.07) is 8.33. The van der Waals surface area contributed by atoms with Crippen LogP contribution in [0.4, 0.5) is 5.88 Å². The van der Waals surface area contributed by atoms with Crippen molar-refractivity contribution in [2.24, 2.45) is 0 Å². The smallest absolute Gasteiger partial charge is 0.230 e. The molecule has 2 N–H and O–H groups in total. The summed E-state index contributed by atoms with van der Waals surface area (Å²) in [6.07, 6.45) is 8.61. The number of rotatable bonds is 8. The molecule has 1 heterocycles. The van der Waals surface area contributed by atoms with Crippen LogP contribution in [-0.2, 0) is 6.42 Å². The first-order valence-electron chi connectivity index (χ1n) is 8.03.